The minimum atomic E-state index is -0.517. The van der Waals surface area contributed by atoms with Crippen molar-refractivity contribution in [2.75, 3.05) is 7.11 Å². The molecule has 3 rings (SSSR count). The molecule has 0 atom stereocenters. The lowest BCUT2D eigenvalue weighted by Gasteiger charge is -2.05. The highest BCUT2D eigenvalue weighted by molar-refractivity contribution is 8.18. The van der Waals surface area contributed by atoms with Crippen LogP contribution in [-0.4, -0.2) is 23.2 Å². The van der Waals surface area contributed by atoms with E-state index >= 15 is 0 Å². The summed E-state index contributed by atoms with van der Waals surface area (Å²) in [5.41, 5.74) is 0.439. The van der Waals surface area contributed by atoms with Gasteiger partial charge >= 0.3 is 0 Å². The van der Waals surface area contributed by atoms with Crippen LogP contribution >= 0.6 is 11.8 Å². The van der Waals surface area contributed by atoms with Crippen molar-refractivity contribution in [3.63, 3.8) is 0 Å². The second-order valence-corrected chi connectivity index (χ2v) is 5.71. The third-order valence-electron chi connectivity index (χ3n) is 3.20. The van der Waals surface area contributed by atoms with Crippen LogP contribution in [0.25, 0.3) is 17.4 Å². The lowest BCUT2D eigenvalue weighted by Crippen LogP contribution is -2.17. The van der Waals surface area contributed by atoms with Crippen LogP contribution < -0.4 is 10.1 Å². The molecule has 0 bridgehead atoms. The second-order valence-electron chi connectivity index (χ2n) is 4.70. The molecule has 24 heavy (non-hydrogen) atoms. The van der Waals surface area contributed by atoms with Crippen molar-refractivity contribution in [3.8, 4) is 17.1 Å². The van der Waals surface area contributed by atoms with Gasteiger partial charge in [0.15, 0.2) is 0 Å². The van der Waals surface area contributed by atoms with Crippen LogP contribution in [0.5, 0.6) is 5.75 Å². The molecule has 8 nitrogen and oxygen atoms in total. The number of nitrogens with one attached hydrogen (secondary N) is 1. The number of thioether (sulfide) groups is 1. The van der Waals surface area contributed by atoms with E-state index in [9.17, 15) is 19.7 Å². The Morgan fingerprint density at radius 2 is 2.08 bits per heavy atom. The summed E-state index contributed by atoms with van der Waals surface area (Å²) in [5.74, 6) is 0.609. The molecule has 0 aliphatic carbocycles. The molecular weight excluding hydrogens is 336 g/mol. The zero-order valence-corrected chi connectivity index (χ0v) is 13.1. The van der Waals surface area contributed by atoms with Crippen molar-refractivity contribution >= 4 is 34.7 Å². The zero-order valence-electron chi connectivity index (χ0n) is 12.3. The molecular formula is C15H10N2O6S. The maximum absolute atomic E-state index is 11.5. The predicted molar refractivity (Wildman–Crippen MR) is 86.5 cm³/mol. The topological polar surface area (TPSA) is 112 Å². The number of imide groups is 1. The molecule has 1 saturated heterocycles. The fourth-order valence-electron chi connectivity index (χ4n) is 2.12. The number of carbonyl (C=O) groups is 2. The van der Waals surface area contributed by atoms with E-state index in [1.807, 2.05) is 0 Å². The molecule has 1 N–H and O–H groups in total. The van der Waals surface area contributed by atoms with Crippen LogP contribution in [0.4, 0.5) is 10.5 Å². The lowest BCUT2D eigenvalue weighted by molar-refractivity contribution is -0.384. The summed E-state index contributed by atoms with van der Waals surface area (Å²) in [6, 6.07) is 7.44. The number of ether oxygens (including phenoxy) is 1. The van der Waals surface area contributed by atoms with Crippen LogP contribution in [0.15, 0.2) is 39.7 Å². The monoisotopic (exact) mass is 346 g/mol. The third kappa shape index (κ3) is 3.01. The van der Waals surface area contributed by atoms with Gasteiger partial charge in [-0.1, -0.05) is 0 Å². The Hall–Kier alpha value is -3.07. The number of hydrogen-bond donors (Lipinski definition) is 1. The summed E-state index contributed by atoms with van der Waals surface area (Å²) in [7, 11) is 1.40. The first-order valence-corrected chi connectivity index (χ1v) is 7.47. The first kappa shape index (κ1) is 15.8. The van der Waals surface area contributed by atoms with Crippen LogP contribution in [0.3, 0.4) is 0 Å². The number of methoxy groups -OCH3 is 1. The van der Waals surface area contributed by atoms with Crippen LogP contribution in [0.1, 0.15) is 5.76 Å². The van der Waals surface area contributed by atoms with Crippen molar-refractivity contribution < 1.29 is 23.7 Å². The van der Waals surface area contributed by atoms with Crippen LogP contribution in [-0.2, 0) is 4.79 Å². The van der Waals surface area contributed by atoms with Crippen LogP contribution in [0.2, 0.25) is 0 Å². The number of non-ortho nitro benzene ring substituents is 1. The quantitative estimate of drug-likeness (QED) is 0.514. The summed E-state index contributed by atoms with van der Waals surface area (Å²) in [6.07, 6.45) is 1.45. The van der Waals surface area contributed by atoms with E-state index < -0.39 is 16.1 Å². The van der Waals surface area contributed by atoms with E-state index in [0.29, 0.717) is 22.8 Å². The average Bonchev–Trinajstić information content (AvgIpc) is 3.13. The van der Waals surface area contributed by atoms with Gasteiger partial charge < -0.3 is 9.15 Å². The Labute approximate surface area is 139 Å². The maximum atomic E-state index is 11.5. The molecule has 9 heteroatoms. The van der Waals surface area contributed by atoms with E-state index in [2.05, 4.69) is 5.32 Å². The minimum absolute atomic E-state index is 0.0953. The Morgan fingerprint density at radius 1 is 1.29 bits per heavy atom. The summed E-state index contributed by atoms with van der Waals surface area (Å²) < 4.78 is 10.8. The predicted octanol–water partition coefficient (Wildman–Crippen LogP) is 3.19. The minimum Gasteiger partial charge on any atom is -0.496 e. The number of rotatable bonds is 4. The summed E-state index contributed by atoms with van der Waals surface area (Å²) in [4.78, 5) is 33.2. The maximum Gasteiger partial charge on any atom is 0.290 e. The van der Waals surface area contributed by atoms with E-state index in [4.69, 9.17) is 9.15 Å². The molecule has 2 amide bonds. The summed E-state index contributed by atoms with van der Waals surface area (Å²) in [6.45, 7) is 0. The van der Waals surface area contributed by atoms with Crippen molar-refractivity contribution in [1.29, 1.82) is 0 Å². The number of carbonyl (C=O) groups excluding carboxylic acids is 2. The highest BCUT2D eigenvalue weighted by atomic mass is 32.2. The zero-order chi connectivity index (χ0) is 17.3. The SMILES string of the molecule is COc1cc([N+](=O)[O-])ccc1-c1ccc(/C=C2/SC(=O)NC2=O)o1. The second kappa shape index (κ2) is 6.20. The van der Waals surface area contributed by atoms with Gasteiger partial charge in [0, 0.05) is 12.1 Å². The Bertz CT molecular complexity index is 886. The fraction of sp³-hybridized carbons (Fsp3) is 0.0667. The number of nitro benzene ring substituents is 1. The Balaban J connectivity index is 1.94. The standard InChI is InChI=1S/C15H10N2O6S/c1-22-12-6-8(17(20)21)2-4-10(12)11-5-3-9(23-11)7-13-14(18)16-15(19)24-13/h2-7H,1H3,(H,16,18,19)/b13-7+. The normalized spacial score (nSPS) is 15.6. The fourth-order valence-corrected chi connectivity index (χ4v) is 2.78. The molecule has 1 aromatic carbocycles. The average molecular weight is 346 g/mol. The van der Waals surface area contributed by atoms with Gasteiger partial charge in [-0.2, -0.15) is 0 Å². The van der Waals surface area contributed by atoms with Crippen molar-refractivity contribution in [2.24, 2.45) is 0 Å². The number of hydrogen-bond acceptors (Lipinski definition) is 7. The van der Waals surface area contributed by atoms with E-state index in [1.54, 1.807) is 12.1 Å². The molecule has 0 unspecified atom stereocenters. The van der Waals surface area contributed by atoms with Gasteiger partial charge in [-0.15, -0.1) is 0 Å². The van der Waals surface area contributed by atoms with Gasteiger partial charge in [-0.3, -0.25) is 25.0 Å². The molecule has 1 fully saturated rings. The first-order chi connectivity index (χ1) is 11.5. The van der Waals surface area contributed by atoms with Gasteiger partial charge in [-0.05, 0) is 30.0 Å². The molecule has 1 aromatic heterocycles. The molecule has 2 aromatic rings. The lowest BCUT2D eigenvalue weighted by atomic mass is 10.1. The molecule has 1 aliphatic rings. The molecule has 0 radical (unpaired) electrons. The number of nitro groups is 1. The first-order valence-electron chi connectivity index (χ1n) is 6.65. The van der Waals surface area contributed by atoms with Gasteiger partial charge in [0.05, 0.1) is 28.6 Å². The van der Waals surface area contributed by atoms with Crippen LogP contribution in [0, 0.1) is 10.1 Å². The Kier molecular flexibility index (Phi) is 4.09. The van der Waals surface area contributed by atoms with Gasteiger partial charge in [0.2, 0.25) is 0 Å². The summed E-state index contributed by atoms with van der Waals surface area (Å²) in [5, 5.41) is 12.5. The molecule has 2 heterocycles. The highest BCUT2D eigenvalue weighted by Gasteiger charge is 2.25. The Morgan fingerprint density at radius 3 is 2.71 bits per heavy atom. The smallest absolute Gasteiger partial charge is 0.290 e. The molecule has 0 spiro atoms. The summed E-state index contributed by atoms with van der Waals surface area (Å²) >= 11 is 0.788. The number of amides is 2. The van der Waals surface area contributed by atoms with E-state index in [0.717, 1.165) is 11.8 Å². The number of benzene rings is 1. The van der Waals surface area contributed by atoms with Crippen molar-refractivity contribution in [2.45, 2.75) is 0 Å². The molecule has 0 saturated carbocycles. The van der Waals surface area contributed by atoms with Crippen molar-refractivity contribution in [1.82, 2.24) is 5.32 Å². The number of furan rings is 1. The van der Waals surface area contributed by atoms with E-state index in [1.165, 1.54) is 31.4 Å². The van der Waals surface area contributed by atoms with Gasteiger partial charge in [0.1, 0.15) is 17.3 Å². The van der Waals surface area contributed by atoms with E-state index in [-0.39, 0.29) is 10.6 Å². The van der Waals surface area contributed by atoms with Crippen molar-refractivity contribution in [3.05, 3.63) is 51.1 Å². The van der Waals surface area contributed by atoms with Gasteiger partial charge in [0.25, 0.3) is 16.8 Å². The third-order valence-corrected chi connectivity index (χ3v) is 4.01. The highest BCUT2D eigenvalue weighted by Crippen LogP contribution is 2.35. The molecule has 122 valence electrons. The largest absolute Gasteiger partial charge is 0.496 e. The number of nitrogens with zero attached hydrogens (tertiary/aromatic N) is 1. The molecule has 1 aliphatic heterocycles. The van der Waals surface area contributed by atoms with Gasteiger partial charge in [-0.25, -0.2) is 0 Å².